The Hall–Kier alpha value is -1.90. The maximum atomic E-state index is 12.5. The van der Waals surface area contributed by atoms with Crippen LogP contribution >= 0.6 is 31.9 Å². The van der Waals surface area contributed by atoms with Gasteiger partial charge in [0.25, 0.3) is 0 Å². The molecular formula is C20H22Br2N4O2. The Kier molecular flexibility index (Phi) is 7.09. The minimum Gasteiger partial charge on any atom is -0.322 e. The van der Waals surface area contributed by atoms with Crippen molar-refractivity contribution < 1.29 is 9.59 Å². The summed E-state index contributed by atoms with van der Waals surface area (Å²) in [7, 11) is 1.79. The van der Waals surface area contributed by atoms with Crippen molar-refractivity contribution in [3.63, 3.8) is 0 Å². The summed E-state index contributed by atoms with van der Waals surface area (Å²) in [4.78, 5) is 30.6. The molecule has 1 heterocycles. The summed E-state index contributed by atoms with van der Waals surface area (Å²) in [6.07, 6.45) is 0. The average Bonchev–Trinajstić information content (AvgIpc) is 2.70. The molecule has 3 rings (SSSR count). The fraction of sp³-hybridized carbons (Fsp3) is 0.300. The number of urea groups is 1. The van der Waals surface area contributed by atoms with Gasteiger partial charge in [0.15, 0.2) is 0 Å². The van der Waals surface area contributed by atoms with E-state index in [1.54, 1.807) is 16.8 Å². The Bertz CT molecular complexity index is 839. The molecule has 148 valence electrons. The highest BCUT2D eigenvalue weighted by atomic mass is 79.9. The number of likely N-dealkylation sites (N-methyl/N-ethyl adjacent to an activating group) is 1. The van der Waals surface area contributed by atoms with Gasteiger partial charge in [-0.05, 0) is 46.3 Å². The number of benzene rings is 2. The zero-order valence-corrected chi connectivity index (χ0v) is 18.7. The van der Waals surface area contributed by atoms with Gasteiger partial charge in [0, 0.05) is 47.9 Å². The molecule has 3 amide bonds. The molecule has 8 heteroatoms. The molecular weight excluding hydrogens is 488 g/mol. The van der Waals surface area contributed by atoms with E-state index in [0.717, 1.165) is 20.3 Å². The van der Waals surface area contributed by atoms with E-state index in [1.807, 2.05) is 48.5 Å². The zero-order valence-electron chi connectivity index (χ0n) is 15.6. The van der Waals surface area contributed by atoms with E-state index >= 15 is 0 Å². The fourth-order valence-electron chi connectivity index (χ4n) is 2.99. The van der Waals surface area contributed by atoms with Crippen LogP contribution in [0.15, 0.2) is 57.5 Å². The van der Waals surface area contributed by atoms with Gasteiger partial charge in [0.1, 0.15) is 0 Å². The first kappa shape index (κ1) is 20.8. The van der Waals surface area contributed by atoms with Crippen LogP contribution in [0.25, 0.3) is 0 Å². The molecule has 6 nitrogen and oxygen atoms in total. The van der Waals surface area contributed by atoms with Crippen LogP contribution in [0, 0.1) is 0 Å². The van der Waals surface area contributed by atoms with Gasteiger partial charge in [-0.1, -0.05) is 34.1 Å². The largest absolute Gasteiger partial charge is 0.322 e. The van der Waals surface area contributed by atoms with Gasteiger partial charge in [-0.15, -0.1) is 0 Å². The van der Waals surface area contributed by atoms with Crippen molar-refractivity contribution in [2.24, 2.45) is 0 Å². The number of carbonyl (C=O) groups excluding carboxylic acids is 2. The second-order valence-electron chi connectivity index (χ2n) is 6.61. The number of hydrogen-bond acceptors (Lipinski definition) is 3. The van der Waals surface area contributed by atoms with Crippen molar-refractivity contribution in [3.05, 3.63) is 57.5 Å². The summed E-state index contributed by atoms with van der Waals surface area (Å²) in [5, 5.41) is 2.93. The van der Waals surface area contributed by atoms with Crippen molar-refractivity contribution in [2.45, 2.75) is 0 Å². The van der Waals surface area contributed by atoms with Gasteiger partial charge in [0.2, 0.25) is 5.91 Å². The number of piperazine rings is 1. The van der Waals surface area contributed by atoms with E-state index in [-0.39, 0.29) is 11.9 Å². The lowest BCUT2D eigenvalue weighted by molar-refractivity contribution is -0.119. The summed E-state index contributed by atoms with van der Waals surface area (Å²) in [6.45, 7) is 2.86. The van der Waals surface area contributed by atoms with Crippen LogP contribution in [0.3, 0.4) is 0 Å². The Labute approximate surface area is 181 Å². The molecule has 2 aromatic rings. The van der Waals surface area contributed by atoms with Crippen LogP contribution in [-0.4, -0.2) is 61.5 Å². The quantitative estimate of drug-likeness (QED) is 0.677. The lowest BCUT2D eigenvalue weighted by atomic mass is 10.2. The van der Waals surface area contributed by atoms with Gasteiger partial charge in [-0.2, -0.15) is 0 Å². The van der Waals surface area contributed by atoms with Crippen LogP contribution < -0.4 is 10.2 Å². The summed E-state index contributed by atoms with van der Waals surface area (Å²) in [6, 6.07) is 15.1. The van der Waals surface area contributed by atoms with Crippen LogP contribution in [-0.2, 0) is 4.79 Å². The van der Waals surface area contributed by atoms with Crippen LogP contribution in [0.5, 0.6) is 0 Å². The van der Waals surface area contributed by atoms with Crippen molar-refractivity contribution in [2.75, 3.05) is 50.0 Å². The van der Waals surface area contributed by atoms with E-state index in [4.69, 9.17) is 0 Å². The third-order valence-electron chi connectivity index (χ3n) is 4.71. The number of halogens is 2. The summed E-state index contributed by atoms with van der Waals surface area (Å²) in [5.41, 5.74) is 1.61. The Morgan fingerprint density at radius 2 is 1.71 bits per heavy atom. The highest BCUT2D eigenvalue weighted by Crippen LogP contribution is 2.26. The molecule has 0 radical (unpaired) electrons. The van der Waals surface area contributed by atoms with Gasteiger partial charge < -0.3 is 15.1 Å². The number of amides is 3. The number of rotatable bonds is 4. The number of hydrogen-bond donors (Lipinski definition) is 1. The molecule has 0 spiro atoms. The van der Waals surface area contributed by atoms with E-state index in [9.17, 15) is 9.59 Å². The second kappa shape index (κ2) is 9.54. The molecule has 0 unspecified atom stereocenters. The minimum absolute atomic E-state index is 0.0443. The highest BCUT2D eigenvalue weighted by molar-refractivity contribution is 9.11. The molecule has 1 aliphatic heterocycles. The van der Waals surface area contributed by atoms with Crippen LogP contribution in [0.2, 0.25) is 0 Å². The number of carbonyl (C=O) groups is 2. The van der Waals surface area contributed by atoms with E-state index in [0.29, 0.717) is 32.7 Å². The molecule has 0 bridgehead atoms. The molecule has 1 saturated heterocycles. The van der Waals surface area contributed by atoms with Crippen LogP contribution in [0.1, 0.15) is 0 Å². The molecule has 0 atom stereocenters. The van der Waals surface area contributed by atoms with Crippen molar-refractivity contribution in [3.8, 4) is 0 Å². The maximum Gasteiger partial charge on any atom is 0.321 e. The first-order valence-corrected chi connectivity index (χ1v) is 10.6. The molecule has 1 fully saturated rings. The Morgan fingerprint density at radius 1 is 1.04 bits per heavy atom. The van der Waals surface area contributed by atoms with Crippen molar-refractivity contribution in [1.82, 2.24) is 9.80 Å². The first-order valence-electron chi connectivity index (χ1n) is 8.99. The molecule has 2 aromatic carbocycles. The lowest BCUT2D eigenvalue weighted by Gasteiger charge is -2.35. The lowest BCUT2D eigenvalue weighted by Crippen LogP contribution is -2.52. The molecule has 28 heavy (non-hydrogen) atoms. The molecule has 1 aliphatic rings. The highest BCUT2D eigenvalue weighted by Gasteiger charge is 2.24. The van der Waals surface area contributed by atoms with Gasteiger partial charge in [0.05, 0.1) is 12.2 Å². The van der Waals surface area contributed by atoms with Crippen molar-refractivity contribution in [1.29, 1.82) is 0 Å². The smallest absolute Gasteiger partial charge is 0.321 e. The SMILES string of the molecule is CN(C(=O)CN1CCN(C(=O)Nc2ccc(Br)cc2Br)CC1)c1ccccc1. The van der Waals surface area contributed by atoms with E-state index < -0.39 is 0 Å². The number of anilines is 2. The van der Waals surface area contributed by atoms with Gasteiger partial charge in [-0.3, -0.25) is 9.69 Å². The average molecular weight is 510 g/mol. The topological polar surface area (TPSA) is 55.9 Å². The van der Waals surface area contributed by atoms with E-state index in [2.05, 4.69) is 42.1 Å². The molecule has 0 aliphatic carbocycles. The van der Waals surface area contributed by atoms with Gasteiger partial charge >= 0.3 is 6.03 Å². The Balaban J connectivity index is 1.48. The molecule has 1 N–H and O–H groups in total. The van der Waals surface area contributed by atoms with Crippen molar-refractivity contribution >= 4 is 55.2 Å². The number of nitrogens with one attached hydrogen (secondary N) is 1. The summed E-state index contributed by atoms with van der Waals surface area (Å²) < 4.78 is 1.76. The van der Waals surface area contributed by atoms with Crippen LogP contribution in [0.4, 0.5) is 16.2 Å². The number of para-hydroxylation sites is 1. The predicted molar refractivity (Wildman–Crippen MR) is 119 cm³/mol. The second-order valence-corrected chi connectivity index (χ2v) is 8.38. The summed E-state index contributed by atoms with van der Waals surface area (Å²) in [5.74, 6) is 0.0443. The zero-order chi connectivity index (χ0) is 20.1. The standard InChI is InChI=1S/C20H22Br2N4O2/c1-24(16-5-3-2-4-6-16)19(27)14-25-9-11-26(12-10-25)20(28)23-18-8-7-15(21)13-17(18)22/h2-8,13H,9-12,14H2,1H3,(H,23,28). The predicted octanol–water partition coefficient (Wildman–Crippen LogP) is 4.02. The minimum atomic E-state index is -0.129. The number of nitrogens with zero attached hydrogens (tertiary/aromatic N) is 3. The molecule has 0 saturated carbocycles. The van der Waals surface area contributed by atoms with E-state index in [1.165, 1.54) is 0 Å². The summed E-state index contributed by atoms with van der Waals surface area (Å²) >= 11 is 6.86. The fourth-order valence-corrected chi connectivity index (χ4v) is 4.13. The monoisotopic (exact) mass is 508 g/mol. The Morgan fingerprint density at radius 3 is 2.36 bits per heavy atom. The molecule has 0 aromatic heterocycles. The van der Waals surface area contributed by atoms with Gasteiger partial charge in [-0.25, -0.2) is 4.79 Å². The third-order valence-corrected chi connectivity index (χ3v) is 5.86. The third kappa shape index (κ3) is 5.33. The maximum absolute atomic E-state index is 12.5. The normalized spacial score (nSPS) is 14.6. The first-order chi connectivity index (χ1) is 13.4.